The summed E-state index contributed by atoms with van der Waals surface area (Å²) in [7, 11) is 0. The van der Waals surface area contributed by atoms with Gasteiger partial charge in [0.25, 0.3) is 0 Å². The molecule has 1 N–H and O–H groups in total. The van der Waals surface area contributed by atoms with Gasteiger partial charge in [0.2, 0.25) is 0 Å². The number of ether oxygens (including phenoxy) is 1. The summed E-state index contributed by atoms with van der Waals surface area (Å²) in [4.78, 5) is 20.9. The molecular formula is C29H26N2O4. The van der Waals surface area contributed by atoms with Crippen LogP contribution in [0.15, 0.2) is 108 Å². The Kier molecular flexibility index (Phi) is 8.22. The summed E-state index contributed by atoms with van der Waals surface area (Å²) in [5.74, 6) is -0.279. The maximum atomic E-state index is 10.9. The van der Waals surface area contributed by atoms with E-state index in [1.54, 1.807) is 30.5 Å². The molecule has 0 fully saturated rings. The lowest BCUT2D eigenvalue weighted by Crippen LogP contribution is -2.10. The minimum absolute atomic E-state index is 0.0437. The second kappa shape index (κ2) is 12.1. The van der Waals surface area contributed by atoms with Crippen molar-refractivity contribution in [1.82, 2.24) is 4.98 Å². The second-order valence-electron chi connectivity index (χ2n) is 7.88. The lowest BCUT2D eigenvalue weighted by Gasteiger charge is -2.10. The predicted octanol–water partition coefficient (Wildman–Crippen LogP) is 5.42. The fraction of sp³-hybridized carbons (Fsp3) is 0.138. The number of hydrogen-bond acceptors (Lipinski definition) is 5. The van der Waals surface area contributed by atoms with Gasteiger partial charge in [0, 0.05) is 18.3 Å². The number of aromatic nitrogens is 1. The maximum absolute atomic E-state index is 10.9. The number of oxime groups is 1. The lowest BCUT2D eigenvalue weighted by atomic mass is 10.0. The Balaban J connectivity index is 1.41. The molecule has 1 aromatic heterocycles. The third kappa shape index (κ3) is 7.27. The van der Waals surface area contributed by atoms with Crippen molar-refractivity contribution in [3.63, 3.8) is 0 Å². The van der Waals surface area contributed by atoms with E-state index in [-0.39, 0.29) is 19.6 Å². The predicted molar refractivity (Wildman–Crippen MR) is 136 cm³/mol. The van der Waals surface area contributed by atoms with Gasteiger partial charge in [0.05, 0.1) is 12.1 Å². The summed E-state index contributed by atoms with van der Waals surface area (Å²) >= 11 is 0. The van der Waals surface area contributed by atoms with Gasteiger partial charge in [-0.15, -0.1) is 0 Å². The van der Waals surface area contributed by atoms with Crippen molar-refractivity contribution in [2.45, 2.75) is 12.8 Å². The highest BCUT2D eigenvalue weighted by Gasteiger charge is 2.09. The summed E-state index contributed by atoms with van der Waals surface area (Å²) in [5.41, 5.74) is 5.59. The maximum Gasteiger partial charge on any atom is 0.307 e. The average Bonchev–Trinajstić information content (AvgIpc) is 2.89. The molecule has 0 bridgehead atoms. The van der Waals surface area contributed by atoms with Gasteiger partial charge in [-0.05, 0) is 46.5 Å². The number of nitrogens with zero attached hydrogens (tertiary/aromatic N) is 2. The van der Waals surface area contributed by atoms with Crippen LogP contribution in [0.4, 0.5) is 0 Å². The van der Waals surface area contributed by atoms with Gasteiger partial charge in [-0.25, -0.2) is 0 Å². The lowest BCUT2D eigenvalue weighted by molar-refractivity contribution is -0.136. The normalized spacial score (nSPS) is 11.1. The molecule has 0 unspecified atom stereocenters. The first-order chi connectivity index (χ1) is 17.2. The summed E-state index contributed by atoms with van der Waals surface area (Å²) < 4.78 is 5.70. The number of hydrogen-bond donors (Lipinski definition) is 1. The van der Waals surface area contributed by atoms with E-state index in [4.69, 9.17) is 14.7 Å². The number of benzene rings is 3. The van der Waals surface area contributed by atoms with E-state index in [0.717, 1.165) is 28.1 Å². The van der Waals surface area contributed by atoms with Crippen LogP contribution in [0.3, 0.4) is 0 Å². The first-order valence-corrected chi connectivity index (χ1v) is 11.4. The molecule has 6 heteroatoms. The summed E-state index contributed by atoms with van der Waals surface area (Å²) in [6.07, 6.45) is 2.25. The molecule has 0 aliphatic heterocycles. The molecule has 0 spiro atoms. The summed E-state index contributed by atoms with van der Waals surface area (Å²) in [6, 6.07) is 31.3. The van der Waals surface area contributed by atoms with Gasteiger partial charge < -0.3 is 14.7 Å². The fourth-order valence-electron chi connectivity index (χ4n) is 3.59. The van der Waals surface area contributed by atoms with Gasteiger partial charge in [-0.3, -0.25) is 9.78 Å². The Bertz CT molecular complexity index is 1260. The number of aliphatic carboxylic acids is 1. The Hall–Kier alpha value is -4.45. The van der Waals surface area contributed by atoms with Crippen LogP contribution in [0.25, 0.3) is 11.1 Å². The molecule has 6 nitrogen and oxygen atoms in total. The summed E-state index contributed by atoms with van der Waals surface area (Å²) in [6.45, 7) is 0.529. The van der Waals surface area contributed by atoms with Crippen LogP contribution < -0.4 is 4.74 Å². The van der Waals surface area contributed by atoms with E-state index in [2.05, 4.69) is 34.4 Å². The van der Waals surface area contributed by atoms with Gasteiger partial charge in [-0.2, -0.15) is 0 Å². The van der Waals surface area contributed by atoms with Crippen LogP contribution in [0.2, 0.25) is 0 Å². The molecule has 0 aliphatic rings. The number of carbonyl (C=O) groups is 1. The van der Waals surface area contributed by atoms with E-state index in [0.29, 0.717) is 17.7 Å². The van der Waals surface area contributed by atoms with Crippen molar-refractivity contribution in [1.29, 1.82) is 0 Å². The molecule has 0 saturated heterocycles. The Morgan fingerprint density at radius 1 is 0.800 bits per heavy atom. The fourth-order valence-corrected chi connectivity index (χ4v) is 3.59. The van der Waals surface area contributed by atoms with Crippen molar-refractivity contribution < 1.29 is 19.5 Å². The van der Waals surface area contributed by atoms with Crippen LogP contribution in [-0.4, -0.2) is 35.0 Å². The molecule has 4 aromatic rings. The van der Waals surface area contributed by atoms with Crippen LogP contribution in [-0.2, 0) is 22.5 Å². The molecule has 0 amide bonds. The molecule has 0 atom stereocenters. The van der Waals surface area contributed by atoms with Gasteiger partial charge in [0.15, 0.2) is 6.61 Å². The zero-order valence-corrected chi connectivity index (χ0v) is 19.2. The van der Waals surface area contributed by atoms with Crippen molar-refractivity contribution in [2.75, 3.05) is 13.2 Å². The van der Waals surface area contributed by atoms with E-state index in [1.807, 2.05) is 48.5 Å². The van der Waals surface area contributed by atoms with E-state index in [9.17, 15) is 4.79 Å². The highest BCUT2D eigenvalue weighted by molar-refractivity contribution is 6.01. The van der Waals surface area contributed by atoms with Gasteiger partial charge in [0.1, 0.15) is 12.4 Å². The van der Waals surface area contributed by atoms with Crippen molar-refractivity contribution >= 4 is 11.7 Å². The molecule has 4 rings (SSSR count). The van der Waals surface area contributed by atoms with Gasteiger partial charge in [-0.1, -0.05) is 78.0 Å². The first kappa shape index (κ1) is 23.7. The minimum atomic E-state index is -0.878. The van der Waals surface area contributed by atoms with Crippen LogP contribution >= 0.6 is 0 Å². The Morgan fingerprint density at radius 3 is 2.31 bits per heavy atom. The number of rotatable bonds is 11. The number of pyridine rings is 1. The Morgan fingerprint density at radius 2 is 1.57 bits per heavy atom. The highest BCUT2D eigenvalue weighted by Crippen LogP contribution is 2.20. The topological polar surface area (TPSA) is 81.0 Å². The molecule has 0 aliphatic carbocycles. The zero-order valence-electron chi connectivity index (χ0n) is 19.2. The smallest absolute Gasteiger partial charge is 0.307 e. The first-order valence-electron chi connectivity index (χ1n) is 11.4. The molecule has 0 saturated carbocycles. The number of carboxylic acids is 1. The average molecular weight is 467 g/mol. The summed E-state index contributed by atoms with van der Waals surface area (Å²) in [5, 5.41) is 13.3. The van der Waals surface area contributed by atoms with Gasteiger partial charge >= 0.3 is 5.97 Å². The zero-order chi connectivity index (χ0) is 24.3. The largest absolute Gasteiger partial charge is 0.490 e. The Labute approximate surface area is 204 Å². The van der Waals surface area contributed by atoms with Crippen LogP contribution in [0.1, 0.15) is 16.8 Å². The third-order valence-corrected chi connectivity index (χ3v) is 5.27. The van der Waals surface area contributed by atoms with Crippen LogP contribution in [0.5, 0.6) is 5.75 Å². The van der Waals surface area contributed by atoms with Crippen molar-refractivity contribution in [3.8, 4) is 16.9 Å². The molecule has 0 radical (unpaired) electrons. The van der Waals surface area contributed by atoms with Crippen molar-refractivity contribution in [3.05, 3.63) is 120 Å². The molecule has 35 heavy (non-hydrogen) atoms. The molecule has 1 heterocycles. The minimum Gasteiger partial charge on any atom is -0.490 e. The second-order valence-corrected chi connectivity index (χ2v) is 7.88. The number of carboxylic acid groups (broad SMARTS) is 1. The highest BCUT2D eigenvalue weighted by atomic mass is 16.6. The van der Waals surface area contributed by atoms with Crippen LogP contribution in [0, 0.1) is 0 Å². The SMILES string of the molecule is O=C(O)Cc1cccc(OCCO/N=C(\Cc2ccccn2)c2ccc(-c3ccccc3)cc2)c1. The molecule has 176 valence electrons. The molecule has 3 aromatic carbocycles. The van der Waals surface area contributed by atoms with E-state index in [1.165, 1.54) is 0 Å². The van der Waals surface area contributed by atoms with E-state index < -0.39 is 5.97 Å². The third-order valence-electron chi connectivity index (χ3n) is 5.27. The van der Waals surface area contributed by atoms with E-state index >= 15 is 0 Å². The van der Waals surface area contributed by atoms with Crippen molar-refractivity contribution in [2.24, 2.45) is 5.16 Å². The monoisotopic (exact) mass is 466 g/mol. The quantitative estimate of drug-likeness (QED) is 0.181. The standard InChI is InChI=1S/C29H26N2O4/c32-29(33)20-22-7-6-11-27(19-22)34-17-18-35-31-28(21-26-10-4-5-16-30-26)25-14-12-24(13-15-25)23-8-2-1-3-9-23/h1-16,19H,17-18,20-21H2,(H,32,33)/b31-28+. The molecular weight excluding hydrogens is 440 g/mol.